The molecule has 1 aromatic carbocycles. The molecule has 0 fully saturated rings. The number of amides is 1. The van der Waals surface area contributed by atoms with Crippen LogP contribution in [0.25, 0.3) is 0 Å². The molecule has 20 heavy (non-hydrogen) atoms. The van der Waals surface area contributed by atoms with Crippen LogP contribution < -0.4 is 16.8 Å². The second-order valence-corrected chi connectivity index (χ2v) is 3.90. The first-order chi connectivity index (χ1) is 9.52. The van der Waals surface area contributed by atoms with E-state index in [1.165, 1.54) is 30.3 Å². The van der Waals surface area contributed by atoms with Gasteiger partial charge in [0.15, 0.2) is 5.82 Å². The number of rotatable bonds is 3. The fourth-order valence-corrected chi connectivity index (χ4v) is 1.58. The van der Waals surface area contributed by atoms with Gasteiger partial charge in [0.25, 0.3) is 5.91 Å². The van der Waals surface area contributed by atoms with Gasteiger partial charge in [-0.2, -0.15) is 5.26 Å². The number of nitrogen functional groups attached to an aromatic ring is 1. The van der Waals surface area contributed by atoms with Gasteiger partial charge in [-0.05, 0) is 24.3 Å². The highest BCUT2D eigenvalue weighted by atomic mass is 19.1. The summed E-state index contributed by atoms with van der Waals surface area (Å²) in [6.07, 6.45) is 0. The van der Waals surface area contributed by atoms with Gasteiger partial charge in [0, 0.05) is 0 Å². The van der Waals surface area contributed by atoms with E-state index in [9.17, 15) is 9.18 Å². The average molecular weight is 271 g/mol. The number of anilines is 3. The second-order valence-electron chi connectivity index (χ2n) is 3.90. The summed E-state index contributed by atoms with van der Waals surface area (Å²) in [7, 11) is 0. The minimum absolute atomic E-state index is 0.0108. The summed E-state index contributed by atoms with van der Waals surface area (Å²) >= 11 is 0. The Hall–Kier alpha value is -3.14. The molecule has 7 heteroatoms. The van der Waals surface area contributed by atoms with Crippen LogP contribution in [-0.4, -0.2) is 10.9 Å². The van der Waals surface area contributed by atoms with Gasteiger partial charge in [0.05, 0.1) is 11.4 Å². The fraction of sp³-hybridized carbons (Fsp3) is 0. The summed E-state index contributed by atoms with van der Waals surface area (Å²) in [5.41, 5.74) is 11.1. The van der Waals surface area contributed by atoms with Crippen molar-refractivity contribution >= 4 is 23.1 Å². The van der Waals surface area contributed by atoms with E-state index in [0.29, 0.717) is 0 Å². The van der Waals surface area contributed by atoms with Gasteiger partial charge in [0.1, 0.15) is 23.1 Å². The van der Waals surface area contributed by atoms with Crippen LogP contribution in [-0.2, 0) is 0 Å². The maximum atomic E-state index is 13.5. The molecule has 2 aromatic rings. The van der Waals surface area contributed by atoms with Crippen LogP contribution in [0, 0.1) is 17.1 Å². The predicted molar refractivity (Wildman–Crippen MR) is 71.6 cm³/mol. The minimum Gasteiger partial charge on any atom is -0.396 e. The molecule has 0 radical (unpaired) electrons. The third-order valence-corrected chi connectivity index (χ3v) is 2.56. The van der Waals surface area contributed by atoms with Crippen LogP contribution in [0.15, 0.2) is 30.3 Å². The van der Waals surface area contributed by atoms with Crippen LogP contribution >= 0.6 is 0 Å². The SMILES string of the molecule is N#Cc1c(F)cccc1Nc1nc(C(N)=O)ccc1N. The molecule has 6 nitrogen and oxygen atoms in total. The Balaban J connectivity index is 2.45. The lowest BCUT2D eigenvalue weighted by molar-refractivity contribution is 0.0996. The van der Waals surface area contributed by atoms with Crippen LogP contribution in [0.1, 0.15) is 16.1 Å². The molecule has 1 aromatic heterocycles. The quantitative estimate of drug-likeness (QED) is 0.782. The van der Waals surface area contributed by atoms with Crippen LogP contribution in [0.2, 0.25) is 0 Å². The van der Waals surface area contributed by atoms with E-state index in [1.807, 2.05) is 0 Å². The number of pyridine rings is 1. The van der Waals surface area contributed by atoms with Gasteiger partial charge in [-0.3, -0.25) is 4.79 Å². The number of benzene rings is 1. The van der Waals surface area contributed by atoms with Crippen molar-refractivity contribution in [1.82, 2.24) is 4.98 Å². The summed E-state index contributed by atoms with van der Waals surface area (Å²) < 4.78 is 13.5. The van der Waals surface area contributed by atoms with E-state index in [-0.39, 0.29) is 28.5 Å². The van der Waals surface area contributed by atoms with E-state index in [1.54, 1.807) is 6.07 Å². The molecule has 100 valence electrons. The number of hydrogen-bond acceptors (Lipinski definition) is 5. The molecule has 0 spiro atoms. The van der Waals surface area contributed by atoms with E-state index in [2.05, 4.69) is 10.3 Å². The molecule has 0 aliphatic rings. The van der Waals surface area contributed by atoms with Crippen molar-refractivity contribution < 1.29 is 9.18 Å². The molecule has 0 unspecified atom stereocenters. The molecular formula is C13H10FN5O. The predicted octanol–water partition coefficient (Wildman–Crippen LogP) is 1.52. The highest BCUT2D eigenvalue weighted by molar-refractivity contribution is 5.92. The second kappa shape index (κ2) is 5.24. The molecule has 1 amide bonds. The van der Waals surface area contributed by atoms with Crippen molar-refractivity contribution in [2.24, 2.45) is 5.73 Å². The number of nitrogens with two attached hydrogens (primary N) is 2. The maximum absolute atomic E-state index is 13.5. The first-order valence-corrected chi connectivity index (χ1v) is 5.55. The van der Waals surface area contributed by atoms with Gasteiger partial charge in [-0.15, -0.1) is 0 Å². The number of nitrogens with zero attached hydrogens (tertiary/aromatic N) is 2. The number of aromatic nitrogens is 1. The number of nitrogens with one attached hydrogen (secondary N) is 1. The zero-order chi connectivity index (χ0) is 14.7. The first kappa shape index (κ1) is 13.3. The highest BCUT2D eigenvalue weighted by Crippen LogP contribution is 2.25. The molecule has 0 saturated carbocycles. The summed E-state index contributed by atoms with van der Waals surface area (Å²) in [5.74, 6) is -1.25. The Labute approximate surface area is 113 Å². The molecule has 0 saturated heterocycles. The molecule has 0 aliphatic heterocycles. The summed E-state index contributed by atoms with van der Waals surface area (Å²) in [4.78, 5) is 15.0. The summed E-state index contributed by atoms with van der Waals surface area (Å²) in [6.45, 7) is 0. The normalized spacial score (nSPS) is 9.80. The molecular weight excluding hydrogens is 261 g/mol. The zero-order valence-corrected chi connectivity index (χ0v) is 10.2. The zero-order valence-electron chi connectivity index (χ0n) is 10.2. The van der Waals surface area contributed by atoms with Gasteiger partial charge in [0.2, 0.25) is 0 Å². The van der Waals surface area contributed by atoms with E-state index < -0.39 is 11.7 Å². The Morgan fingerprint density at radius 2 is 2.10 bits per heavy atom. The molecule has 0 atom stereocenters. The van der Waals surface area contributed by atoms with Gasteiger partial charge in [-0.1, -0.05) is 6.07 Å². The first-order valence-electron chi connectivity index (χ1n) is 5.55. The molecule has 1 heterocycles. The number of carbonyl (C=O) groups excluding carboxylic acids is 1. The van der Waals surface area contributed by atoms with Crippen LogP contribution in [0.5, 0.6) is 0 Å². The number of primary amides is 1. The van der Waals surface area contributed by atoms with Gasteiger partial charge >= 0.3 is 0 Å². The van der Waals surface area contributed by atoms with E-state index in [0.717, 1.165) is 0 Å². The van der Waals surface area contributed by atoms with Crippen LogP contribution in [0.4, 0.5) is 21.6 Å². The molecule has 2 rings (SSSR count). The Bertz CT molecular complexity index is 723. The average Bonchev–Trinajstić information content (AvgIpc) is 2.41. The van der Waals surface area contributed by atoms with E-state index in [4.69, 9.17) is 16.7 Å². The van der Waals surface area contributed by atoms with Crippen molar-refractivity contribution in [2.45, 2.75) is 0 Å². The Kier molecular flexibility index (Phi) is 3.48. The van der Waals surface area contributed by atoms with E-state index >= 15 is 0 Å². The van der Waals surface area contributed by atoms with Gasteiger partial charge < -0.3 is 16.8 Å². The van der Waals surface area contributed by atoms with Crippen molar-refractivity contribution in [3.63, 3.8) is 0 Å². The Morgan fingerprint density at radius 3 is 2.75 bits per heavy atom. The molecule has 0 bridgehead atoms. The van der Waals surface area contributed by atoms with Crippen molar-refractivity contribution in [3.05, 3.63) is 47.4 Å². The summed E-state index contributed by atoms with van der Waals surface area (Å²) in [5, 5.41) is 11.7. The number of nitriles is 1. The topological polar surface area (TPSA) is 118 Å². The van der Waals surface area contributed by atoms with Crippen molar-refractivity contribution in [2.75, 3.05) is 11.1 Å². The van der Waals surface area contributed by atoms with Crippen molar-refractivity contribution in [1.29, 1.82) is 5.26 Å². The maximum Gasteiger partial charge on any atom is 0.267 e. The molecule has 5 N–H and O–H groups in total. The summed E-state index contributed by atoms with van der Waals surface area (Å²) in [6, 6.07) is 8.67. The monoisotopic (exact) mass is 271 g/mol. The Morgan fingerprint density at radius 1 is 1.35 bits per heavy atom. The third-order valence-electron chi connectivity index (χ3n) is 2.56. The number of carbonyl (C=O) groups is 1. The van der Waals surface area contributed by atoms with Crippen molar-refractivity contribution in [3.8, 4) is 6.07 Å². The standard InChI is InChI=1S/C13H10FN5O/c14-8-2-1-3-10(7(8)6-15)18-13-9(16)4-5-11(19-13)12(17)20/h1-5H,16H2,(H2,17,20)(H,18,19). The fourth-order valence-electron chi connectivity index (χ4n) is 1.58. The largest absolute Gasteiger partial charge is 0.396 e. The third kappa shape index (κ3) is 2.49. The lowest BCUT2D eigenvalue weighted by atomic mass is 10.2. The van der Waals surface area contributed by atoms with Gasteiger partial charge in [-0.25, -0.2) is 9.37 Å². The number of halogens is 1. The highest BCUT2D eigenvalue weighted by Gasteiger charge is 2.11. The smallest absolute Gasteiger partial charge is 0.267 e. The number of hydrogen-bond donors (Lipinski definition) is 3. The minimum atomic E-state index is -0.715. The lowest BCUT2D eigenvalue weighted by Crippen LogP contribution is -2.14. The molecule has 0 aliphatic carbocycles. The van der Waals surface area contributed by atoms with Crippen LogP contribution in [0.3, 0.4) is 0 Å². The lowest BCUT2D eigenvalue weighted by Gasteiger charge is -2.10.